The van der Waals surface area contributed by atoms with Crippen LogP contribution < -0.4 is 10.9 Å². The minimum Gasteiger partial charge on any atom is -0.466 e. The molecule has 1 unspecified atom stereocenters. The van der Waals surface area contributed by atoms with Crippen LogP contribution in [0.4, 0.5) is 0 Å². The molecule has 2 rings (SSSR count). The Bertz CT molecular complexity index is 784. The normalized spacial score (nSPS) is 15.7. The van der Waals surface area contributed by atoms with Gasteiger partial charge in [0, 0.05) is 38.2 Å². The summed E-state index contributed by atoms with van der Waals surface area (Å²) in [6, 6.07) is 1.12. The number of rotatable bonds is 11. The lowest BCUT2D eigenvalue weighted by Gasteiger charge is -2.37. The number of likely N-dealkylation sites (tertiary alicyclic amines) is 1. The van der Waals surface area contributed by atoms with Crippen molar-refractivity contribution >= 4 is 11.9 Å². The molecule has 168 valence electrons. The fourth-order valence-corrected chi connectivity index (χ4v) is 3.72. The van der Waals surface area contributed by atoms with Gasteiger partial charge in [-0.1, -0.05) is 20.8 Å². The first kappa shape index (κ1) is 24.1. The van der Waals surface area contributed by atoms with Crippen LogP contribution in [-0.4, -0.2) is 59.3 Å². The van der Waals surface area contributed by atoms with Gasteiger partial charge in [0.25, 0.3) is 5.56 Å². The number of nitrogens with one attached hydrogen (secondary N) is 1. The van der Waals surface area contributed by atoms with Gasteiger partial charge in [-0.15, -0.1) is 0 Å². The Kier molecular flexibility index (Phi) is 9.02. The van der Waals surface area contributed by atoms with Crippen molar-refractivity contribution in [1.29, 1.82) is 0 Å². The van der Waals surface area contributed by atoms with E-state index in [4.69, 9.17) is 4.74 Å². The summed E-state index contributed by atoms with van der Waals surface area (Å²) in [6.45, 7) is 13.3. The maximum absolute atomic E-state index is 12.9. The Morgan fingerprint density at radius 2 is 2.03 bits per heavy atom. The molecule has 1 aliphatic heterocycles. The predicted molar refractivity (Wildman–Crippen MR) is 115 cm³/mol. The van der Waals surface area contributed by atoms with E-state index in [2.05, 4.69) is 22.2 Å². The first-order valence-corrected chi connectivity index (χ1v) is 11.0. The standard InChI is InChI=1S/C22H36N4O4/c1-6-30-20(27)7-9-23-21(28)19(11-15(2)3)26-22(29)17(5)12-18(24-26)8-10-25-13-16(4)14-25/h12,15-16,19H,6-11,13-14H2,1-5H3,(H,23,28). The highest BCUT2D eigenvalue weighted by Crippen LogP contribution is 2.17. The van der Waals surface area contributed by atoms with Crippen molar-refractivity contribution in [3.63, 3.8) is 0 Å². The van der Waals surface area contributed by atoms with E-state index in [1.54, 1.807) is 13.8 Å². The van der Waals surface area contributed by atoms with Crippen LogP contribution >= 0.6 is 0 Å². The van der Waals surface area contributed by atoms with Crippen LogP contribution in [0.3, 0.4) is 0 Å². The molecule has 8 heteroatoms. The molecule has 2 heterocycles. The minimum atomic E-state index is -0.706. The number of hydrogen-bond donors (Lipinski definition) is 1. The largest absolute Gasteiger partial charge is 0.466 e. The van der Waals surface area contributed by atoms with E-state index in [1.165, 1.54) is 4.68 Å². The van der Waals surface area contributed by atoms with E-state index in [9.17, 15) is 14.4 Å². The molecule has 0 aromatic carbocycles. The Balaban J connectivity index is 2.13. The van der Waals surface area contributed by atoms with Crippen molar-refractivity contribution in [2.75, 3.05) is 32.8 Å². The SMILES string of the molecule is CCOC(=O)CCNC(=O)C(CC(C)C)n1nc(CCN2CC(C)C2)cc(C)c1=O. The Morgan fingerprint density at radius 3 is 2.63 bits per heavy atom. The summed E-state index contributed by atoms with van der Waals surface area (Å²) in [5.41, 5.74) is 1.16. The number of nitrogens with zero attached hydrogens (tertiary/aromatic N) is 3. The minimum absolute atomic E-state index is 0.101. The average Bonchev–Trinajstić information content (AvgIpc) is 2.65. The van der Waals surface area contributed by atoms with Gasteiger partial charge >= 0.3 is 5.97 Å². The first-order chi connectivity index (χ1) is 14.2. The summed E-state index contributed by atoms with van der Waals surface area (Å²) in [5, 5.41) is 7.32. The van der Waals surface area contributed by atoms with Crippen molar-refractivity contribution in [3.8, 4) is 0 Å². The molecule has 1 saturated heterocycles. The van der Waals surface area contributed by atoms with Gasteiger partial charge in [-0.3, -0.25) is 14.4 Å². The van der Waals surface area contributed by atoms with Crippen LogP contribution in [0.2, 0.25) is 0 Å². The molecule has 0 saturated carbocycles. The highest BCUT2D eigenvalue weighted by Gasteiger charge is 2.26. The fraction of sp³-hybridized carbons (Fsp3) is 0.727. The smallest absolute Gasteiger partial charge is 0.307 e. The van der Waals surface area contributed by atoms with Crippen LogP contribution in [0, 0.1) is 18.8 Å². The summed E-state index contributed by atoms with van der Waals surface area (Å²) in [7, 11) is 0. The van der Waals surface area contributed by atoms with Gasteiger partial charge in [-0.2, -0.15) is 5.10 Å². The number of carbonyl (C=O) groups is 2. The Morgan fingerprint density at radius 1 is 1.33 bits per heavy atom. The second-order valence-electron chi connectivity index (χ2n) is 8.67. The van der Waals surface area contributed by atoms with Crippen LogP contribution in [0.1, 0.15) is 57.8 Å². The number of esters is 1. The molecule has 0 radical (unpaired) electrons. The van der Waals surface area contributed by atoms with E-state index < -0.39 is 6.04 Å². The lowest BCUT2D eigenvalue weighted by Crippen LogP contribution is -2.46. The maximum atomic E-state index is 12.9. The monoisotopic (exact) mass is 420 g/mol. The zero-order valence-corrected chi connectivity index (χ0v) is 18.9. The molecule has 1 aromatic rings. The molecule has 0 aliphatic carbocycles. The van der Waals surface area contributed by atoms with Gasteiger partial charge in [-0.25, -0.2) is 4.68 Å². The summed E-state index contributed by atoms with van der Waals surface area (Å²) < 4.78 is 6.23. The molecule has 30 heavy (non-hydrogen) atoms. The summed E-state index contributed by atoms with van der Waals surface area (Å²) >= 11 is 0. The second-order valence-corrected chi connectivity index (χ2v) is 8.67. The van der Waals surface area contributed by atoms with Gasteiger partial charge in [0.2, 0.25) is 5.91 Å². The van der Waals surface area contributed by atoms with E-state index >= 15 is 0 Å². The quantitative estimate of drug-likeness (QED) is 0.548. The van der Waals surface area contributed by atoms with E-state index in [-0.39, 0.29) is 36.3 Å². The third kappa shape index (κ3) is 6.93. The molecule has 1 atom stereocenters. The number of aromatic nitrogens is 2. The second kappa shape index (κ2) is 11.2. The van der Waals surface area contributed by atoms with Gasteiger partial charge in [0.15, 0.2) is 0 Å². The fourth-order valence-electron chi connectivity index (χ4n) is 3.72. The lowest BCUT2D eigenvalue weighted by molar-refractivity contribution is -0.143. The van der Waals surface area contributed by atoms with Gasteiger partial charge in [-0.05, 0) is 38.2 Å². The third-order valence-electron chi connectivity index (χ3n) is 5.21. The van der Waals surface area contributed by atoms with Crippen molar-refractivity contribution in [1.82, 2.24) is 20.0 Å². The first-order valence-electron chi connectivity index (χ1n) is 11.0. The summed E-state index contributed by atoms with van der Waals surface area (Å²) in [6.07, 6.45) is 1.33. The van der Waals surface area contributed by atoms with Gasteiger partial charge in [0.05, 0.1) is 18.7 Å². The van der Waals surface area contributed by atoms with Gasteiger partial charge in [0.1, 0.15) is 6.04 Å². The molecule has 0 spiro atoms. The number of carbonyl (C=O) groups excluding carboxylic acids is 2. The summed E-state index contributed by atoms with van der Waals surface area (Å²) in [4.78, 5) is 39.6. The highest BCUT2D eigenvalue weighted by atomic mass is 16.5. The van der Waals surface area contributed by atoms with Crippen molar-refractivity contribution in [2.24, 2.45) is 11.8 Å². The van der Waals surface area contributed by atoms with Crippen LogP contribution in [0.5, 0.6) is 0 Å². The molecular formula is C22H36N4O4. The molecule has 8 nitrogen and oxygen atoms in total. The van der Waals surface area contributed by atoms with Crippen molar-refractivity contribution in [2.45, 2.75) is 59.9 Å². The zero-order valence-electron chi connectivity index (χ0n) is 18.9. The number of hydrogen-bond acceptors (Lipinski definition) is 6. The predicted octanol–water partition coefficient (Wildman–Crippen LogP) is 1.70. The molecule has 0 bridgehead atoms. The number of ether oxygens (including phenoxy) is 1. The molecule has 1 aromatic heterocycles. The van der Waals surface area contributed by atoms with Crippen LogP contribution in [-0.2, 0) is 20.7 Å². The van der Waals surface area contributed by atoms with Gasteiger partial charge < -0.3 is 15.0 Å². The summed E-state index contributed by atoms with van der Waals surface area (Å²) in [5.74, 6) is 0.288. The van der Waals surface area contributed by atoms with Crippen LogP contribution in [0.15, 0.2) is 10.9 Å². The average molecular weight is 421 g/mol. The third-order valence-corrected chi connectivity index (χ3v) is 5.21. The maximum Gasteiger partial charge on any atom is 0.307 e. The van der Waals surface area contributed by atoms with Crippen molar-refractivity contribution in [3.05, 3.63) is 27.7 Å². The topological polar surface area (TPSA) is 93.5 Å². The molecule has 1 fully saturated rings. The van der Waals surface area contributed by atoms with E-state index in [1.807, 2.05) is 19.9 Å². The molecule has 1 N–H and O–H groups in total. The zero-order chi connectivity index (χ0) is 22.3. The Labute approximate surface area is 179 Å². The number of aryl methyl sites for hydroxylation is 1. The molecular weight excluding hydrogens is 384 g/mol. The van der Waals surface area contributed by atoms with Crippen LogP contribution in [0.25, 0.3) is 0 Å². The number of amides is 1. The van der Waals surface area contributed by atoms with E-state index in [0.717, 1.165) is 37.7 Å². The van der Waals surface area contributed by atoms with E-state index in [0.29, 0.717) is 18.6 Å². The van der Waals surface area contributed by atoms with Crippen molar-refractivity contribution < 1.29 is 14.3 Å². The molecule has 1 amide bonds. The molecule has 1 aliphatic rings. The Hall–Kier alpha value is -2.22. The lowest BCUT2D eigenvalue weighted by atomic mass is 10.0. The highest BCUT2D eigenvalue weighted by molar-refractivity contribution is 5.80.